The van der Waals surface area contributed by atoms with Crippen molar-refractivity contribution in [2.45, 2.75) is 68.4 Å². The van der Waals surface area contributed by atoms with Gasteiger partial charge in [0.2, 0.25) is 5.91 Å². The third-order valence-corrected chi connectivity index (χ3v) is 8.21. The number of aromatic nitrogens is 4. The lowest BCUT2D eigenvalue weighted by Crippen LogP contribution is -2.46. The molecule has 0 bridgehead atoms. The number of H-pyrrole nitrogens is 1. The molecule has 1 saturated heterocycles. The van der Waals surface area contributed by atoms with Gasteiger partial charge in [0.05, 0.1) is 11.1 Å². The number of likely N-dealkylation sites (tertiary alicyclic amines) is 1. The fourth-order valence-corrected chi connectivity index (χ4v) is 6.03. The number of hydrogen-bond acceptors (Lipinski definition) is 5. The smallest absolute Gasteiger partial charge is 0.351 e. The van der Waals surface area contributed by atoms with Crippen LogP contribution in [0.3, 0.4) is 0 Å². The number of alkyl halides is 6. The number of aromatic amines is 1. The number of nitrogens with zero attached hydrogens (tertiary/aromatic N) is 4. The summed E-state index contributed by atoms with van der Waals surface area (Å²) >= 11 is 0. The van der Waals surface area contributed by atoms with Crippen molar-refractivity contribution in [1.29, 1.82) is 0 Å². The lowest BCUT2D eigenvalue weighted by Gasteiger charge is -2.37. The molecule has 1 amide bonds. The predicted molar refractivity (Wildman–Crippen MR) is 132 cm³/mol. The maximum atomic E-state index is 13.6. The zero-order valence-electron chi connectivity index (χ0n) is 21.7. The van der Waals surface area contributed by atoms with Crippen LogP contribution in [0.2, 0.25) is 0 Å². The molecule has 2 unspecified atom stereocenters. The zero-order valence-corrected chi connectivity index (χ0v) is 21.7. The predicted octanol–water partition coefficient (Wildman–Crippen LogP) is 5.36. The van der Waals surface area contributed by atoms with E-state index in [0.29, 0.717) is 31.4 Å². The Morgan fingerprint density at radius 3 is 2.17 bits per heavy atom. The number of halogens is 7. The van der Waals surface area contributed by atoms with Crippen molar-refractivity contribution >= 4 is 5.91 Å². The molecule has 2 N–H and O–H groups in total. The van der Waals surface area contributed by atoms with Gasteiger partial charge < -0.3 is 10.2 Å². The van der Waals surface area contributed by atoms with Gasteiger partial charge in [-0.3, -0.25) is 4.79 Å². The summed E-state index contributed by atoms with van der Waals surface area (Å²) < 4.78 is 93.0. The lowest BCUT2D eigenvalue weighted by molar-refractivity contribution is -0.143. The number of nitrogens with one attached hydrogen (secondary N) is 2. The number of carbonyl (C=O) groups excluding carboxylic acids is 1. The van der Waals surface area contributed by atoms with Gasteiger partial charge in [0.1, 0.15) is 11.2 Å². The second-order valence-electron chi connectivity index (χ2n) is 10.7. The highest BCUT2D eigenvalue weighted by Crippen LogP contribution is 2.43. The van der Waals surface area contributed by atoms with Crippen LogP contribution in [-0.4, -0.2) is 50.6 Å². The molecule has 1 aromatic heterocycles. The lowest BCUT2D eigenvalue weighted by atomic mass is 9.83. The van der Waals surface area contributed by atoms with Crippen LogP contribution >= 0.6 is 0 Å². The van der Waals surface area contributed by atoms with Crippen LogP contribution in [0, 0.1) is 5.82 Å². The van der Waals surface area contributed by atoms with E-state index < -0.39 is 41.3 Å². The van der Waals surface area contributed by atoms with Crippen molar-refractivity contribution < 1.29 is 35.5 Å². The van der Waals surface area contributed by atoms with Gasteiger partial charge in [-0.1, -0.05) is 12.1 Å². The fourth-order valence-electron chi connectivity index (χ4n) is 6.03. The number of carbonyl (C=O) groups is 1. The van der Waals surface area contributed by atoms with Crippen molar-refractivity contribution in [2.75, 3.05) is 13.1 Å². The van der Waals surface area contributed by atoms with E-state index in [0.717, 1.165) is 31.5 Å². The Balaban J connectivity index is 1.29. The number of hydrogen-bond donors (Lipinski definition) is 2. The van der Waals surface area contributed by atoms with Gasteiger partial charge in [0, 0.05) is 12.6 Å². The van der Waals surface area contributed by atoms with Crippen LogP contribution in [0.15, 0.2) is 42.5 Å². The molecule has 3 aromatic rings. The highest BCUT2D eigenvalue weighted by atomic mass is 19.4. The average molecular weight is 585 g/mol. The molecule has 2 atom stereocenters. The average Bonchev–Trinajstić information content (AvgIpc) is 3.63. The van der Waals surface area contributed by atoms with E-state index in [1.165, 1.54) is 12.1 Å². The van der Waals surface area contributed by atoms with E-state index >= 15 is 0 Å². The SMILES string of the molecule is O=C(NCc1cc(C(F)(F)F)cc(C(F)(F)F)c1)C1(c2nnn[nH]2)CCC(N2CCC(c3ccc(F)cc3)CC2)C1. The van der Waals surface area contributed by atoms with Crippen LogP contribution in [0.5, 0.6) is 0 Å². The van der Waals surface area contributed by atoms with Crippen LogP contribution in [-0.2, 0) is 29.1 Å². The third-order valence-electron chi connectivity index (χ3n) is 8.21. The fraction of sp³-hybridized carbons (Fsp3) is 0.481. The minimum absolute atomic E-state index is 0.00888. The summed E-state index contributed by atoms with van der Waals surface area (Å²) in [7, 11) is 0. The molecule has 0 spiro atoms. The Hall–Kier alpha value is -3.55. The highest BCUT2D eigenvalue weighted by Gasteiger charge is 2.51. The van der Waals surface area contributed by atoms with Crippen molar-refractivity contribution in [3.8, 4) is 0 Å². The quantitative estimate of drug-likeness (QED) is 0.381. The number of benzene rings is 2. The first kappa shape index (κ1) is 29.0. The summed E-state index contributed by atoms with van der Waals surface area (Å²) in [6.07, 6.45) is -6.99. The van der Waals surface area contributed by atoms with Gasteiger partial charge in [-0.2, -0.15) is 26.3 Å². The standard InChI is InChI=1S/C27H27F7N6O/c28-21-3-1-17(2-4-21)18-6-9-40(10-7-18)22-5-8-25(14-22,23-36-38-39-37-23)24(41)35-15-16-11-19(26(29,30)31)13-20(12-16)27(32,33)34/h1-4,11-13,18,22H,5-10,14-15H2,(H,35,41)(H,36,37,38,39). The number of piperidine rings is 1. The zero-order chi connectivity index (χ0) is 29.4. The Morgan fingerprint density at radius 1 is 0.976 bits per heavy atom. The Labute approximate surface area is 230 Å². The first-order valence-corrected chi connectivity index (χ1v) is 13.2. The summed E-state index contributed by atoms with van der Waals surface area (Å²) in [4.78, 5) is 15.9. The first-order chi connectivity index (χ1) is 19.3. The van der Waals surface area contributed by atoms with E-state index in [2.05, 4.69) is 30.8 Å². The van der Waals surface area contributed by atoms with Gasteiger partial charge in [-0.25, -0.2) is 9.49 Å². The van der Waals surface area contributed by atoms with E-state index in [4.69, 9.17) is 0 Å². The molecule has 0 radical (unpaired) electrons. The molecular formula is C27H27F7N6O. The van der Waals surface area contributed by atoms with Crippen molar-refractivity contribution in [3.63, 3.8) is 0 Å². The van der Waals surface area contributed by atoms with Gasteiger partial charge >= 0.3 is 12.4 Å². The van der Waals surface area contributed by atoms with Gasteiger partial charge in [0.25, 0.3) is 0 Å². The maximum absolute atomic E-state index is 13.6. The molecule has 7 nitrogen and oxygen atoms in total. The van der Waals surface area contributed by atoms with Crippen LogP contribution in [0.4, 0.5) is 30.7 Å². The molecule has 14 heteroatoms. The Morgan fingerprint density at radius 2 is 1.61 bits per heavy atom. The monoisotopic (exact) mass is 584 g/mol. The van der Waals surface area contributed by atoms with Gasteiger partial charge in [-0.15, -0.1) is 5.10 Å². The number of amides is 1. The Bertz CT molecular complexity index is 1320. The largest absolute Gasteiger partial charge is 0.416 e. The first-order valence-electron chi connectivity index (χ1n) is 13.2. The van der Waals surface area contributed by atoms with E-state index in [-0.39, 0.29) is 35.2 Å². The minimum atomic E-state index is -4.99. The third kappa shape index (κ3) is 6.21. The topological polar surface area (TPSA) is 86.8 Å². The van der Waals surface area contributed by atoms with Crippen LogP contribution in [0.1, 0.15) is 66.1 Å². The summed E-state index contributed by atoms with van der Waals surface area (Å²) in [6, 6.07) is 7.71. The van der Waals surface area contributed by atoms with Crippen molar-refractivity contribution in [2.24, 2.45) is 0 Å². The van der Waals surface area contributed by atoms with Crippen LogP contribution in [0.25, 0.3) is 0 Å². The molecule has 5 rings (SSSR count). The molecule has 220 valence electrons. The molecule has 41 heavy (non-hydrogen) atoms. The van der Waals surface area contributed by atoms with E-state index in [9.17, 15) is 35.5 Å². The molecule has 1 aliphatic carbocycles. The number of tetrazole rings is 1. The van der Waals surface area contributed by atoms with Crippen molar-refractivity contribution in [3.05, 3.63) is 76.4 Å². The summed E-state index contributed by atoms with van der Waals surface area (Å²) in [6.45, 7) is 0.968. The van der Waals surface area contributed by atoms with Gasteiger partial charge in [-0.05, 0) is 103 Å². The highest BCUT2D eigenvalue weighted by molar-refractivity contribution is 5.87. The van der Waals surface area contributed by atoms with Crippen molar-refractivity contribution in [1.82, 2.24) is 30.8 Å². The summed E-state index contributed by atoms with van der Waals surface area (Å²) in [5.74, 6) is -0.388. The second-order valence-corrected chi connectivity index (χ2v) is 10.7. The summed E-state index contributed by atoms with van der Waals surface area (Å²) in [5, 5.41) is 16.3. The summed E-state index contributed by atoms with van der Waals surface area (Å²) in [5.41, 5.74) is -3.38. The Kier molecular flexibility index (Phi) is 7.79. The normalized spacial score (nSPS) is 22.7. The molecule has 1 aliphatic heterocycles. The molecule has 2 heterocycles. The molecule has 2 aliphatic rings. The molecular weight excluding hydrogens is 557 g/mol. The number of rotatable bonds is 6. The molecule has 2 aromatic carbocycles. The molecule has 1 saturated carbocycles. The van der Waals surface area contributed by atoms with Crippen LogP contribution < -0.4 is 5.32 Å². The van der Waals surface area contributed by atoms with E-state index in [1.807, 2.05) is 0 Å². The minimum Gasteiger partial charge on any atom is -0.351 e. The molecule has 2 fully saturated rings. The maximum Gasteiger partial charge on any atom is 0.416 e. The second kappa shape index (κ2) is 11.0. The van der Waals surface area contributed by atoms with Gasteiger partial charge in [0.15, 0.2) is 5.82 Å². The van der Waals surface area contributed by atoms with E-state index in [1.54, 1.807) is 12.1 Å².